The highest BCUT2D eigenvalue weighted by atomic mass is 15.2. The highest BCUT2D eigenvalue weighted by Gasteiger charge is 2.27. The number of nitrogens with zero attached hydrogens (tertiary/aromatic N) is 2. The van der Waals surface area contributed by atoms with Crippen molar-refractivity contribution in [2.45, 2.75) is 19.4 Å². The quantitative estimate of drug-likeness (QED) is 0.918. The summed E-state index contributed by atoms with van der Waals surface area (Å²) in [6.45, 7) is 3.46. The average Bonchev–Trinajstić information content (AvgIpc) is 2.53. The lowest BCUT2D eigenvalue weighted by atomic mass is 9.91. The Labute approximate surface area is 125 Å². The maximum absolute atomic E-state index is 9.42. The second-order valence-electron chi connectivity index (χ2n) is 5.53. The summed E-state index contributed by atoms with van der Waals surface area (Å²) in [5.74, 6) is 0. The highest BCUT2D eigenvalue weighted by molar-refractivity contribution is 5.63. The highest BCUT2D eigenvalue weighted by Crippen LogP contribution is 2.34. The Hall–Kier alpha value is -2.31. The Morgan fingerprint density at radius 2 is 2.10 bits per heavy atom. The fraction of sp³-hybridized carbons (Fsp3) is 0.278. The number of hydrogen-bond acceptors (Lipinski definition) is 3. The third-order valence-electron chi connectivity index (χ3n) is 4.22. The lowest BCUT2D eigenvalue weighted by molar-refractivity contribution is 0.590. The normalized spacial score (nSPS) is 17.2. The van der Waals surface area contributed by atoms with Crippen molar-refractivity contribution < 1.29 is 0 Å². The van der Waals surface area contributed by atoms with E-state index in [1.54, 1.807) is 0 Å². The lowest BCUT2D eigenvalue weighted by Gasteiger charge is -2.39. The number of fused-ring (bicyclic) bond motifs is 1. The SMILES string of the molecule is Cc1ccc(N2CCc3ccccc3C2CN)c(C#N)c1. The van der Waals surface area contributed by atoms with E-state index < -0.39 is 0 Å². The van der Waals surface area contributed by atoms with Crippen LogP contribution in [0, 0.1) is 18.3 Å². The fourth-order valence-corrected chi connectivity index (χ4v) is 3.18. The molecule has 106 valence electrons. The van der Waals surface area contributed by atoms with Gasteiger partial charge in [0.2, 0.25) is 0 Å². The van der Waals surface area contributed by atoms with Crippen molar-refractivity contribution in [2.75, 3.05) is 18.0 Å². The van der Waals surface area contributed by atoms with Crippen molar-refractivity contribution in [1.29, 1.82) is 5.26 Å². The van der Waals surface area contributed by atoms with Crippen LogP contribution in [0.15, 0.2) is 42.5 Å². The van der Waals surface area contributed by atoms with Crippen molar-refractivity contribution in [3.63, 3.8) is 0 Å². The molecule has 21 heavy (non-hydrogen) atoms. The summed E-state index contributed by atoms with van der Waals surface area (Å²) in [7, 11) is 0. The molecule has 2 N–H and O–H groups in total. The van der Waals surface area contributed by atoms with Crippen molar-refractivity contribution in [1.82, 2.24) is 0 Å². The fourth-order valence-electron chi connectivity index (χ4n) is 3.18. The smallest absolute Gasteiger partial charge is 0.101 e. The van der Waals surface area contributed by atoms with Gasteiger partial charge >= 0.3 is 0 Å². The standard InChI is InChI=1S/C18H19N3/c1-13-6-7-17(15(10-13)11-19)21-9-8-14-4-2-3-5-16(14)18(21)12-20/h2-7,10,18H,8-9,12,20H2,1H3. The minimum Gasteiger partial charge on any atom is -0.362 e. The van der Waals surface area contributed by atoms with Gasteiger partial charge in [0, 0.05) is 13.1 Å². The Bertz CT molecular complexity index is 700. The second-order valence-corrected chi connectivity index (χ2v) is 5.53. The van der Waals surface area contributed by atoms with Gasteiger partial charge in [-0.1, -0.05) is 30.3 Å². The van der Waals surface area contributed by atoms with Crippen LogP contribution in [0.3, 0.4) is 0 Å². The van der Waals surface area contributed by atoms with Gasteiger partial charge in [-0.2, -0.15) is 5.26 Å². The maximum Gasteiger partial charge on any atom is 0.101 e. The maximum atomic E-state index is 9.42. The van der Waals surface area contributed by atoms with Crippen molar-refractivity contribution in [3.8, 4) is 6.07 Å². The number of nitriles is 1. The Morgan fingerprint density at radius 3 is 2.86 bits per heavy atom. The van der Waals surface area contributed by atoms with Gasteiger partial charge in [0.1, 0.15) is 6.07 Å². The van der Waals surface area contributed by atoms with E-state index in [-0.39, 0.29) is 6.04 Å². The molecule has 0 aliphatic carbocycles. The van der Waals surface area contributed by atoms with Crippen LogP contribution in [0.25, 0.3) is 0 Å². The molecule has 0 radical (unpaired) electrons. The van der Waals surface area contributed by atoms with Gasteiger partial charge in [-0.15, -0.1) is 0 Å². The van der Waals surface area contributed by atoms with E-state index in [0.717, 1.165) is 29.8 Å². The summed E-state index contributed by atoms with van der Waals surface area (Å²) in [5.41, 5.74) is 11.5. The molecule has 0 saturated heterocycles. The van der Waals surface area contributed by atoms with E-state index in [2.05, 4.69) is 41.3 Å². The van der Waals surface area contributed by atoms with Gasteiger partial charge in [-0.05, 0) is 42.2 Å². The molecule has 1 aliphatic heterocycles. The van der Waals surface area contributed by atoms with E-state index in [0.29, 0.717) is 6.54 Å². The predicted octanol–water partition coefficient (Wildman–Crippen LogP) is 2.93. The first-order valence-corrected chi connectivity index (χ1v) is 7.30. The van der Waals surface area contributed by atoms with Crippen molar-refractivity contribution in [2.24, 2.45) is 5.73 Å². The zero-order valence-electron chi connectivity index (χ0n) is 12.2. The number of rotatable bonds is 2. The van der Waals surface area contributed by atoms with Crippen molar-refractivity contribution in [3.05, 3.63) is 64.7 Å². The van der Waals surface area contributed by atoms with E-state index in [1.807, 2.05) is 19.1 Å². The Morgan fingerprint density at radius 1 is 1.29 bits per heavy atom. The van der Waals surface area contributed by atoms with Crippen LogP contribution in [-0.4, -0.2) is 13.1 Å². The zero-order valence-corrected chi connectivity index (χ0v) is 12.2. The van der Waals surface area contributed by atoms with Gasteiger partial charge < -0.3 is 10.6 Å². The predicted molar refractivity (Wildman–Crippen MR) is 85.2 cm³/mol. The summed E-state index contributed by atoms with van der Waals surface area (Å²) >= 11 is 0. The number of aryl methyl sites for hydroxylation is 1. The van der Waals surface area contributed by atoms with Gasteiger partial charge in [0.25, 0.3) is 0 Å². The summed E-state index contributed by atoms with van der Waals surface area (Å²) in [6, 6.07) is 17.0. The molecule has 1 aliphatic rings. The molecule has 0 fully saturated rings. The van der Waals surface area contributed by atoms with Gasteiger partial charge in [0.15, 0.2) is 0 Å². The minimum atomic E-state index is 0.143. The summed E-state index contributed by atoms with van der Waals surface area (Å²) in [5, 5.41) is 9.42. The number of benzene rings is 2. The van der Waals surface area contributed by atoms with Crippen LogP contribution in [0.4, 0.5) is 5.69 Å². The van der Waals surface area contributed by atoms with Crippen LogP contribution in [-0.2, 0) is 6.42 Å². The van der Waals surface area contributed by atoms with E-state index in [4.69, 9.17) is 5.73 Å². The molecule has 1 unspecified atom stereocenters. The van der Waals surface area contributed by atoms with Gasteiger partial charge in [-0.25, -0.2) is 0 Å². The molecule has 0 spiro atoms. The number of hydrogen-bond donors (Lipinski definition) is 1. The molecule has 2 aromatic carbocycles. The molecule has 0 saturated carbocycles. The molecule has 3 heteroatoms. The van der Waals surface area contributed by atoms with Crippen LogP contribution >= 0.6 is 0 Å². The molecule has 1 atom stereocenters. The summed E-state index contributed by atoms with van der Waals surface area (Å²) in [6.07, 6.45) is 0.991. The van der Waals surface area contributed by atoms with Gasteiger partial charge in [0.05, 0.1) is 17.3 Å². The first kappa shape index (κ1) is 13.7. The molecule has 3 rings (SSSR count). The molecule has 2 aromatic rings. The topological polar surface area (TPSA) is 53.0 Å². The van der Waals surface area contributed by atoms with E-state index in [9.17, 15) is 5.26 Å². The zero-order chi connectivity index (χ0) is 14.8. The second kappa shape index (κ2) is 5.59. The van der Waals surface area contributed by atoms with Crippen LogP contribution in [0.2, 0.25) is 0 Å². The van der Waals surface area contributed by atoms with Crippen LogP contribution < -0.4 is 10.6 Å². The summed E-state index contributed by atoms with van der Waals surface area (Å²) < 4.78 is 0. The average molecular weight is 277 g/mol. The first-order chi connectivity index (χ1) is 10.2. The minimum absolute atomic E-state index is 0.143. The Kier molecular flexibility index (Phi) is 3.64. The van der Waals surface area contributed by atoms with Crippen LogP contribution in [0.1, 0.15) is 28.3 Å². The number of nitrogens with two attached hydrogens (primary N) is 1. The molecular weight excluding hydrogens is 258 g/mol. The molecular formula is C18H19N3. The summed E-state index contributed by atoms with van der Waals surface area (Å²) in [4.78, 5) is 2.28. The van der Waals surface area contributed by atoms with Crippen molar-refractivity contribution >= 4 is 5.69 Å². The Balaban J connectivity index is 2.06. The third kappa shape index (κ3) is 2.39. The molecule has 1 heterocycles. The monoisotopic (exact) mass is 277 g/mol. The van der Waals surface area contributed by atoms with Gasteiger partial charge in [-0.3, -0.25) is 0 Å². The molecule has 0 amide bonds. The van der Waals surface area contributed by atoms with E-state index in [1.165, 1.54) is 11.1 Å². The lowest BCUT2D eigenvalue weighted by Crippen LogP contribution is -2.39. The van der Waals surface area contributed by atoms with Crippen LogP contribution in [0.5, 0.6) is 0 Å². The third-order valence-corrected chi connectivity index (χ3v) is 4.22. The largest absolute Gasteiger partial charge is 0.362 e. The number of anilines is 1. The molecule has 0 bridgehead atoms. The first-order valence-electron chi connectivity index (χ1n) is 7.30. The molecule has 0 aromatic heterocycles. The molecule has 3 nitrogen and oxygen atoms in total. The van der Waals surface area contributed by atoms with E-state index >= 15 is 0 Å².